The number of hydrogen-bond acceptors (Lipinski definition) is 3. The second-order valence-electron chi connectivity index (χ2n) is 5.19. The molecule has 1 atom stereocenters. The van der Waals surface area contributed by atoms with Crippen LogP contribution >= 0.6 is 0 Å². The van der Waals surface area contributed by atoms with Crippen molar-refractivity contribution in [2.45, 2.75) is 39.4 Å². The molecule has 0 aliphatic heterocycles. The third kappa shape index (κ3) is 3.80. The second-order valence-corrected chi connectivity index (χ2v) is 5.19. The van der Waals surface area contributed by atoms with Gasteiger partial charge >= 0.3 is 5.97 Å². The fourth-order valence-electron chi connectivity index (χ4n) is 2.41. The van der Waals surface area contributed by atoms with Gasteiger partial charge in [0, 0.05) is 0 Å². The number of esters is 1. The van der Waals surface area contributed by atoms with Crippen molar-refractivity contribution in [2.75, 3.05) is 6.61 Å². The average molecular weight is 262 g/mol. The van der Waals surface area contributed by atoms with Crippen LogP contribution in [0.3, 0.4) is 0 Å². The van der Waals surface area contributed by atoms with Gasteiger partial charge in [0.15, 0.2) is 0 Å². The Morgan fingerprint density at radius 1 is 1.32 bits per heavy atom. The Kier molecular flexibility index (Phi) is 4.97. The maximum atomic E-state index is 11.6. The van der Waals surface area contributed by atoms with Gasteiger partial charge in [-0.2, -0.15) is 0 Å². The van der Waals surface area contributed by atoms with Gasteiger partial charge in [-0.1, -0.05) is 37.3 Å². The zero-order valence-electron chi connectivity index (χ0n) is 11.7. The molecular weight excluding hydrogens is 240 g/mol. The van der Waals surface area contributed by atoms with Gasteiger partial charge in [-0.05, 0) is 31.2 Å². The van der Waals surface area contributed by atoms with Crippen LogP contribution < -0.4 is 0 Å². The van der Waals surface area contributed by atoms with Crippen LogP contribution in [0.15, 0.2) is 30.3 Å². The highest BCUT2D eigenvalue weighted by molar-refractivity contribution is 5.72. The van der Waals surface area contributed by atoms with Crippen LogP contribution in [-0.2, 0) is 20.9 Å². The van der Waals surface area contributed by atoms with Crippen molar-refractivity contribution in [1.82, 2.24) is 0 Å². The minimum Gasteiger partial charge on any atom is -0.466 e. The van der Waals surface area contributed by atoms with Crippen LogP contribution in [0.5, 0.6) is 0 Å². The standard InChI is InChI=1S/C16H22O3/c1-3-18-16(17)12(2)14-9-15(10-14)19-11-13-7-5-4-6-8-13/h4-8,12,14-15H,3,9-11H2,1-2H3. The fourth-order valence-corrected chi connectivity index (χ4v) is 2.41. The lowest BCUT2D eigenvalue weighted by atomic mass is 9.74. The highest BCUT2D eigenvalue weighted by Gasteiger charge is 2.37. The summed E-state index contributed by atoms with van der Waals surface area (Å²) in [7, 11) is 0. The van der Waals surface area contributed by atoms with Gasteiger partial charge in [-0.25, -0.2) is 0 Å². The summed E-state index contributed by atoms with van der Waals surface area (Å²) in [6.45, 7) is 4.92. The summed E-state index contributed by atoms with van der Waals surface area (Å²) in [5.74, 6) is 0.338. The van der Waals surface area contributed by atoms with Gasteiger partial charge in [-0.15, -0.1) is 0 Å². The van der Waals surface area contributed by atoms with Crippen molar-refractivity contribution >= 4 is 5.97 Å². The molecule has 0 bridgehead atoms. The molecule has 1 aromatic rings. The highest BCUT2D eigenvalue weighted by atomic mass is 16.5. The van der Waals surface area contributed by atoms with Gasteiger partial charge in [0.1, 0.15) is 0 Å². The predicted molar refractivity (Wildman–Crippen MR) is 73.5 cm³/mol. The first kappa shape index (κ1) is 14.1. The van der Waals surface area contributed by atoms with E-state index in [2.05, 4.69) is 12.1 Å². The molecule has 2 rings (SSSR count). The molecule has 0 spiro atoms. The van der Waals surface area contributed by atoms with Crippen LogP contribution in [0, 0.1) is 11.8 Å². The van der Waals surface area contributed by atoms with E-state index in [4.69, 9.17) is 9.47 Å². The van der Waals surface area contributed by atoms with Crippen molar-refractivity contribution < 1.29 is 14.3 Å². The van der Waals surface area contributed by atoms with E-state index in [-0.39, 0.29) is 11.9 Å². The number of hydrogen-bond donors (Lipinski definition) is 0. The molecule has 1 fully saturated rings. The number of benzene rings is 1. The zero-order valence-corrected chi connectivity index (χ0v) is 11.7. The summed E-state index contributed by atoms with van der Waals surface area (Å²) in [5, 5.41) is 0. The molecule has 1 aliphatic rings. The third-order valence-electron chi connectivity index (χ3n) is 3.83. The minimum atomic E-state index is -0.0750. The molecule has 1 saturated carbocycles. The normalized spacial score (nSPS) is 23.5. The van der Waals surface area contributed by atoms with Crippen molar-refractivity contribution in [1.29, 1.82) is 0 Å². The molecular formula is C16H22O3. The Labute approximate surface area is 114 Å². The van der Waals surface area contributed by atoms with Crippen LogP contribution in [0.2, 0.25) is 0 Å². The third-order valence-corrected chi connectivity index (χ3v) is 3.83. The lowest BCUT2D eigenvalue weighted by Crippen LogP contribution is -2.38. The zero-order chi connectivity index (χ0) is 13.7. The van der Waals surface area contributed by atoms with Crippen molar-refractivity contribution in [3.8, 4) is 0 Å². The van der Waals surface area contributed by atoms with Crippen LogP contribution in [0.1, 0.15) is 32.3 Å². The molecule has 3 heteroatoms. The Balaban J connectivity index is 1.67. The SMILES string of the molecule is CCOC(=O)C(C)C1CC(OCc2ccccc2)C1. The van der Waals surface area contributed by atoms with Gasteiger partial charge in [0.25, 0.3) is 0 Å². The van der Waals surface area contributed by atoms with Crippen molar-refractivity contribution in [2.24, 2.45) is 11.8 Å². The Hall–Kier alpha value is -1.35. The summed E-state index contributed by atoms with van der Waals surface area (Å²) in [6, 6.07) is 10.2. The molecule has 0 amide bonds. The Morgan fingerprint density at radius 2 is 2.00 bits per heavy atom. The van der Waals surface area contributed by atoms with Crippen LogP contribution in [0.4, 0.5) is 0 Å². The molecule has 0 aromatic heterocycles. The van der Waals surface area contributed by atoms with Crippen LogP contribution in [0.25, 0.3) is 0 Å². The molecule has 0 saturated heterocycles. The number of rotatable bonds is 6. The van der Waals surface area contributed by atoms with E-state index in [9.17, 15) is 4.79 Å². The summed E-state index contributed by atoms with van der Waals surface area (Å²) in [6.07, 6.45) is 2.22. The maximum Gasteiger partial charge on any atom is 0.308 e. The number of carbonyl (C=O) groups excluding carboxylic acids is 1. The molecule has 3 nitrogen and oxygen atoms in total. The second kappa shape index (κ2) is 6.71. The Bertz CT molecular complexity index is 396. The van der Waals surface area contributed by atoms with E-state index < -0.39 is 0 Å². The first-order valence-corrected chi connectivity index (χ1v) is 7.02. The first-order chi connectivity index (χ1) is 9.20. The Morgan fingerprint density at radius 3 is 2.63 bits per heavy atom. The smallest absolute Gasteiger partial charge is 0.308 e. The topological polar surface area (TPSA) is 35.5 Å². The molecule has 1 aliphatic carbocycles. The monoisotopic (exact) mass is 262 g/mol. The van der Waals surface area contributed by atoms with E-state index in [1.165, 1.54) is 5.56 Å². The number of carbonyl (C=O) groups is 1. The van der Waals surface area contributed by atoms with E-state index in [1.54, 1.807) is 0 Å². The molecule has 0 heterocycles. The maximum absolute atomic E-state index is 11.6. The van der Waals surface area contributed by atoms with E-state index >= 15 is 0 Å². The van der Waals surface area contributed by atoms with E-state index in [1.807, 2.05) is 32.0 Å². The summed E-state index contributed by atoms with van der Waals surface area (Å²) in [4.78, 5) is 11.6. The summed E-state index contributed by atoms with van der Waals surface area (Å²) < 4.78 is 10.9. The average Bonchev–Trinajstić information content (AvgIpc) is 2.38. The summed E-state index contributed by atoms with van der Waals surface area (Å²) in [5.41, 5.74) is 1.20. The first-order valence-electron chi connectivity index (χ1n) is 7.02. The molecule has 1 aromatic carbocycles. The fraction of sp³-hybridized carbons (Fsp3) is 0.562. The van der Waals surface area contributed by atoms with Crippen molar-refractivity contribution in [3.05, 3.63) is 35.9 Å². The van der Waals surface area contributed by atoms with Gasteiger partial charge in [-0.3, -0.25) is 4.79 Å². The molecule has 0 radical (unpaired) electrons. The van der Waals surface area contributed by atoms with Gasteiger partial charge in [0.2, 0.25) is 0 Å². The lowest BCUT2D eigenvalue weighted by Gasteiger charge is -2.37. The van der Waals surface area contributed by atoms with Crippen LogP contribution in [-0.4, -0.2) is 18.7 Å². The lowest BCUT2D eigenvalue weighted by molar-refractivity contribution is -0.153. The largest absolute Gasteiger partial charge is 0.466 e. The highest BCUT2D eigenvalue weighted by Crippen LogP contribution is 2.36. The molecule has 0 N–H and O–H groups in total. The molecule has 104 valence electrons. The van der Waals surface area contributed by atoms with E-state index in [0.717, 1.165) is 12.8 Å². The van der Waals surface area contributed by atoms with Crippen molar-refractivity contribution in [3.63, 3.8) is 0 Å². The molecule has 19 heavy (non-hydrogen) atoms. The minimum absolute atomic E-state index is 0.00322. The predicted octanol–water partition coefficient (Wildman–Crippen LogP) is 3.18. The summed E-state index contributed by atoms with van der Waals surface area (Å²) >= 11 is 0. The van der Waals surface area contributed by atoms with Gasteiger partial charge < -0.3 is 9.47 Å². The molecule has 1 unspecified atom stereocenters. The van der Waals surface area contributed by atoms with Gasteiger partial charge in [0.05, 0.1) is 25.2 Å². The quantitative estimate of drug-likeness (QED) is 0.739. The van der Waals surface area contributed by atoms with E-state index in [0.29, 0.717) is 25.2 Å². The number of ether oxygens (including phenoxy) is 2.